The Balaban J connectivity index is 1.80. The highest BCUT2D eigenvalue weighted by Crippen LogP contribution is 2.09. The predicted molar refractivity (Wildman–Crippen MR) is 64.1 cm³/mol. The number of phenols is 1. The van der Waals surface area contributed by atoms with Gasteiger partial charge in [0, 0.05) is 6.54 Å². The lowest BCUT2D eigenvalue weighted by Crippen LogP contribution is -2.24. The monoisotopic (exact) mass is 249 g/mol. The second kappa shape index (κ2) is 5.40. The lowest BCUT2D eigenvalue weighted by molar-refractivity contribution is 0.0958. The number of aromatic hydroxyl groups is 1. The number of amides is 1. The van der Waals surface area contributed by atoms with Gasteiger partial charge in [-0.25, -0.2) is 0 Å². The summed E-state index contributed by atoms with van der Waals surface area (Å²) in [6, 6.07) is 6.92. The van der Waals surface area contributed by atoms with Crippen LogP contribution in [0.2, 0.25) is 0 Å². The fourth-order valence-corrected chi connectivity index (χ4v) is 1.77. The molecule has 0 saturated heterocycles. The van der Waals surface area contributed by atoms with Crippen molar-refractivity contribution in [2.75, 3.05) is 6.54 Å². The molecule has 1 aromatic carbocycles. The molecule has 0 spiro atoms. The Morgan fingerprint density at radius 1 is 1.35 bits per heavy atom. The molecule has 6 heteroatoms. The third-order valence-electron chi connectivity index (χ3n) is 2.22. The van der Waals surface area contributed by atoms with Crippen molar-refractivity contribution in [2.24, 2.45) is 0 Å². The van der Waals surface area contributed by atoms with Gasteiger partial charge in [-0.2, -0.15) is 0 Å². The van der Waals surface area contributed by atoms with Gasteiger partial charge in [-0.1, -0.05) is 16.6 Å². The van der Waals surface area contributed by atoms with Crippen molar-refractivity contribution in [3.05, 3.63) is 40.9 Å². The molecule has 0 unspecified atom stereocenters. The molecule has 0 aliphatic heterocycles. The van der Waals surface area contributed by atoms with Crippen molar-refractivity contribution in [1.82, 2.24) is 14.9 Å². The maximum atomic E-state index is 11.5. The van der Waals surface area contributed by atoms with Gasteiger partial charge in [0.15, 0.2) is 0 Å². The summed E-state index contributed by atoms with van der Waals surface area (Å²) in [7, 11) is 0. The fourth-order valence-electron chi connectivity index (χ4n) is 1.34. The highest BCUT2D eigenvalue weighted by molar-refractivity contribution is 7.07. The van der Waals surface area contributed by atoms with Crippen LogP contribution in [0.5, 0.6) is 5.75 Å². The highest BCUT2D eigenvalue weighted by atomic mass is 32.1. The number of carbonyl (C=O) groups excluding carboxylic acids is 1. The topological polar surface area (TPSA) is 75.1 Å². The summed E-state index contributed by atoms with van der Waals surface area (Å²) in [5, 5.41) is 15.5. The van der Waals surface area contributed by atoms with E-state index < -0.39 is 0 Å². The van der Waals surface area contributed by atoms with Crippen molar-refractivity contribution >= 4 is 17.4 Å². The summed E-state index contributed by atoms with van der Waals surface area (Å²) in [5.74, 6) is 0.0901. The normalized spacial score (nSPS) is 10.1. The van der Waals surface area contributed by atoms with Crippen molar-refractivity contribution in [2.45, 2.75) is 6.42 Å². The molecule has 1 heterocycles. The lowest BCUT2D eigenvalue weighted by Gasteiger charge is -2.03. The summed E-state index contributed by atoms with van der Waals surface area (Å²) in [5.41, 5.74) is 1.06. The van der Waals surface area contributed by atoms with Crippen molar-refractivity contribution in [3.8, 4) is 5.75 Å². The molecule has 0 atom stereocenters. The van der Waals surface area contributed by atoms with Crippen LogP contribution in [0.4, 0.5) is 0 Å². The Bertz CT molecular complexity index is 482. The number of nitrogens with one attached hydrogen (secondary N) is 1. The fraction of sp³-hybridized carbons (Fsp3) is 0.182. The molecule has 1 amide bonds. The van der Waals surface area contributed by atoms with E-state index in [9.17, 15) is 4.79 Å². The summed E-state index contributed by atoms with van der Waals surface area (Å²) in [4.78, 5) is 12.0. The highest BCUT2D eigenvalue weighted by Gasteiger charge is 2.06. The third kappa shape index (κ3) is 3.25. The number of rotatable bonds is 4. The van der Waals surface area contributed by atoms with E-state index in [1.807, 2.05) is 12.1 Å². The molecule has 0 saturated carbocycles. The van der Waals surface area contributed by atoms with Gasteiger partial charge in [0.25, 0.3) is 5.91 Å². The summed E-state index contributed by atoms with van der Waals surface area (Å²) in [6.07, 6.45) is 2.17. The van der Waals surface area contributed by atoms with Gasteiger partial charge >= 0.3 is 0 Å². The Morgan fingerprint density at radius 2 is 2.12 bits per heavy atom. The van der Waals surface area contributed by atoms with Crippen LogP contribution >= 0.6 is 11.5 Å². The zero-order chi connectivity index (χ0) is 12.1. The standard InChI is InChI=1S/C11H11N3O2S/c15-9-3-1-8(2-4-9)5-6-12-11(16)10-7-13-14-17-10/h1-4,7,15H,5-6H2,(H,12,16). The van der Waals surface area contributed by atoms with Crippen LogP contribution in [-0.2, 0) is 6.42 Å². The average Bonchev–Trinajstić information content (AvgIpc) is 2.85. The maximum absolute atomic E-state index is 11.5. The van der Waals surface area contributed by atoms with Crippen LogP contribution < -0.4 is 5.32 Å². The number of hydrogen-bond acceptors (Lipinski definition) is 5. The second-order valence-electron chi connectivity index (χ2n) is 3.45. The summed E-state index contributed by atoms with van der Waals surface area (Å²) < 4.78 is 3.62. The van der Waals surface area contributed by atoms with Crippen molar-refractivity contribution in [3.63, 3.8) is 0 Å². The van der Waals surface area contributed by atoms with Crippen LogP contribution in [0.3, 0.4) is 0 Å². The first-order chi connectivity index (χ1) is 8.25. The Morgan fingerprint density at radius 3 is 2.76 bits per heavy atom. The van der Waals surface area contributed by atoms with Crippen molar-refractivity contribution < 1.29 is 9.90 Å². The van der Waals surface area contributed by atoms with Crippen LogP contribution in [0.25, 0.3) is 0 Å². The number of hydrogen-bond donors (Lipinski definition) is 2. The molecule has 0 radical (unpaired) electrons. The van der Waals surface area contributed by atoms with Crippen LogP contribution in [0.1, 0.15) is 15.2 Å². The minimum atomic E-state index is -0.154. The van der Waals surface area contributed by atoms with Crippen LogP contribution in [0, 0.1) is 0 Å². The molecule has 0 aliphatic rings. The molecular formula is C11H11N3O2S. The maximum Gasteiger partial charge on any atom is 0.264 e. The summed E-state index contributed by atoms with van der Waals surface area (Å²) >= 11 is 1.07. The quantitative estimate of drug-likeness (QED) is 0.854. The molecule has 0 aliphatic carbocycles. The van der Waals surface area contributed by atoms with Crippen LogP contribution in [0.15, 0.2) is 30.5 Å². The van der Waals surface area contributed by atoms with Crippen molar-refractivity contribution in [1.29, 1.82) is 0 Å². The lowest BCUT2D eigenvalue weighted by atomic mass is 10.1. The molecule has 2 rings (SSSR count). The first kappa shape index (κ1) is 11.5. The molecule has 0 fully saturated rings. The molecule has 17 heavy (non-hydrogen) atoms. The molecule has 2 N–H and O–H groups in total. The van der Waals surface area contributed by atoms with E-state index in [0.717, 1.165) is 23.5 Å². The largest absolute Gasteiger partial charge is 0.508 e. The average molecular weight is 249 g/mol. The number of benzene rings is 1. The molecular weight excluding hydrogens is 238 g/mol. The van der Waals surface area contributed by atoms with E-state index in [1.165, 1.54) is 6.20 Å². The Hall–Kier alpha value is -1.95. The number of nitrogens with zero attached hydrogens (tertiary/aromatic N) is 2. The smallest absolute Gasteiger partial charge is 0.264 e. The van der Waals surface area contributed by atoms with E-state index in [1.54, 1.807) is 12.1 Å². The minimum Gasteiger partial charge on any atom is -0.508 e. The van der Waals surface area contributed by atoms with Gasteiger partial charge in [-0.15, -0.1) is 5.10 Å². The van der Waals surface area contributed by atoms with Gasteiger partial charge in [-0.3, -0.25) is 4.79 Å². The summed E-state index contributed by atoms with van der Waals surface area (Å²) in [6.45, 7) is 0.543. The van der Waals surface area contributed by atoms with Crippen LogP contribution in [-0.4, -0.2) is 27.1 Å². The SMILES string of the molecule is O=C(NCCc1ccc(O)cc1)c1cnns1. The minimum absolute atomic E-state index is 0.154. The zero-order valence-corrected chi connectivity index (χ0v) is 9.78. The Kier molecular flexibility index (Phi) is 3.66. The van der Waals surface area contributed by atoms with Gasteiger partial charge in [-0.05, 0) is 35.6 Å². The third-order valence-corrected chi connectivity index (χ3v) is 2.88. The number of aromatic nitrogens is 2. The molecule has 1 aromatic heterocycles. The first-order valence-electron chi connectivity index (χ1n) is 5.09. The Labute approximate surface area is 102 Å². The molecule has 0 bridgehead atoms. The molecule has 5 nitrogen and oxygen atoms in total. The zero-order valence-electron chi connectivity index (χ0n) is 8.96. The first-order valence-corrected chi connectivity index (χ1v) is 5.86. The van der Waals surface area contributed by atoms with E-state index in [0.29, 0.717) is 11.4 Å². The number of phenolic OH excluding ortho intramolecular Hbond substituents is 1. The van der Waals surface area contributed by atoms with E-state index >= 15 is 0 Å². The molecule has 2 aromatic rings. The molecule has 88 valence electrons. The van der Waals surface area contributed by atoms with E-state index in [2.05, 4.69) is 14.9 Å². The number of carbonyl (C=O) groups is 1. The second-order valence-corrected chi connectivity index (χ2v) is 4.24. The van der Waals surface area contributed by atoms with E-state index in [-0.39, 0.29) is 11.7 Å². The van der Waals surface area contributed by atoms with Gasteiger partial charge in [0.05, 0.1) is 6.20 Å². The van der Waals surface area contributed by atoms with Gasteiger partial charge in [0.1, 0.15) is 10.6 Å². The van der Waals surface area contributed by atoms with E-state index in [4.69, 9.17) is 5.11 Å². The predicted octanol–water partition coefficient (Wildman–Crippen LogP) is 1.22. The van der Waals surface area contributed by atoms with Gasteiger partial charge < -0.3 is 10.4 Å². The van der Waals surface area contributed by atoms with Gasteiger partial charge in [0.2, 0.25) is 0 Å².